The molecule has 1 N–H and O–H groups in total. The van der Waals surface area contributed by atoms with Gasteiger partial charge in [-0.1, -0.05) is 17.7 Å². The van der Waals surface area contributed by atoms with Crippen molar-refractivity contribution in [2.45, 2.75) is 18.2 Å². The molecule has 0 bridgehead atoms. The van der Waals surface area contributed by atoms with Gasteiger partial charge in [-0.15, -0.1) is 0 Å². The molecule has 1 aliphatic heterocycles. The highest BCUT2D eigenvalue weighted by molar-refractivity contribution is 7.84. The van der Waals surface area contributed by atoms with Gasteiger partial charge in [-0.25, -0.2) is 14.4 Å². The van der Waals surface area contributed by atoms with Crippen LogP contribution in [0.3, 0.4) is 0 Å². The van der Waals surface area contributed by atoms with Gasteiger partial charge in [0.2, 0.25) is 5.95 Å². The normalized spacial score (nSPS) is 14.7. The second-order valence-corrected chi connectivity index (χ2v) is 9.73. The Hall–Kier alpha value is -3.72. The van der Waals surface area contributed by atoms with E-state index in [1.54, 1.807) is 64.6 Å². The van der Waals surface area contributed by atoms with Crippen LogP contribution in [-0.2, 0) is 10.8 Å². The number of fused-ring (bicyclic) bond motifs is 1. The van der Waals surface area contributed by atoms with Crippen LogP contribution in [0.1, 0.15) is 22.3 Å². The summed E-state index contributed by atoms with van der Waals surface area (Å²) in [4.78, 5) is 24.1. The Balaban J connectivity index is 1.58. The summed E-state index contributed by atoms with van der Waals surface area (Å²) in [6.45, 7) is 2.75. The van der Waals surface area contributed by atoms with E-state index in [-0.39, 0.29) is 11.7 Å². The highest BCUT2D eigenvalue weighted by Gasteiger charge is 2.24. The van der Waals surface area contributed by atoms with Crippen LogP contribution in [0.25, 0.3) is 28.0 Å². The van der Waals surface area contributed by atoms with Crippen LogP contribution >= 0.6 is 0 Å². The third-order valence-electron chi connectivity index (χ3n) is 5.96. The predicted octanol–water partition coefficient (Wildman–Crippen LogP) is 4.14. The smallest absolute Gasteiger partial charge is 0.254 e. The summed E-state index contributed by atoms with van der Waals surface area (Å²) in [6.07, 6.45) is 7.01. The maximum absolute atomic E-state index is 14.3. The van der Waals surface area contributed by atoms with Crippen molar-refractivity contribution < 1.29 is 13.4 Å². The standard InChI is InChI=1S/C25H22FN5O2S/c1-15-3-6-21(26)20(9-15)17-11-28-25(29-12-17)31-14-23(34(2)33)19-5-4-16(10-22(19)31)24(32)30-8-7-18(27)13-30/h3-6,9-12,14,27H,7-8,13H2,1-2H3. The highest BCUT2D eigenvalue weighted by atomic mass is 32.2. The van der Waals surface area contributed by atoms with E-state index >= 15 is 0 Å². The van der Waals surface area contributed by atoms with Crippen LogP contribution in [0.15, 0.2) is 59.9 Å². The van der Waals surface area contributed by atoms with Gasteiger partial charge in [0, 0.05) is 65.6 Å². The van der Waals surface area contributed by atoms with Crippen molar-refractivity contribution in [1.29, 1.82) is 5.41 Å². The number of nitrogens with zero attached hydrogens (tertiary/aromatic N) is 4. The average Bonchev–Trinajstić information content (AvgIpc) is 3.44. The number of aromatic nitrogens is 3. The first-order chi connectivity index (χ1) is 16.3. The molecule has 1 atom stereocenters. The molecule has 1 saturated heterocycles. The summed E-state index contributed by atoms with van der Waals surface area (Å²) >= 11 is 0. The number of hydrogen-bond acceptors (Lipinski definition) is 5. The fraction of sp³-hybridized carbons (Fsp3) is 0.200. The zero-order valence-corrected chi connectivity index (χ0v) is 19.5. The number of amides is 1. The van der Waals surface area contributed by atoms with E-state index in [0.29, 0.717) is 58.3 Å². The van der Waals surface area contributed by atoms with E-state index in [1.807, 2.05) is 6.92 Å². The van der Waals surface area contributed by atoms with Crippen molar-refractivity contribution in [2.24, 2.45) is 0 Å². The van der Waals surface area contributed by atoms with Gasteiger partial charge in [0.1, 0.15) is 5.82 Å². The molecule has 0 aliphatic carbocycles. The first kappa shape index (κ1) is 22.1. The molecule has 1 unspecified atom stereocenters. The quantitative estimate of drug-likeness (QED) is 0.480. The van der Waals surface area contributed by atoms with Gasteiger partial charge in [-0.2, -0.15) is 0 Å². The molecule has 7 nitrogen and oxygen atoms in total. The highest BCUT2D eigenvalue weighted by Crippen LogP contribution is 2.29. The maximum atomic E-state index is 14.3. The molecular weight excluding hydrogens is 453 g/mol. The molecule has 2 aromatic carbocycles. The third-order valence-corrected chi connectivity index (χ3v) is 6.91. The van der Waals surface area contributed by atoms with Crippen molar-refractivity contribution in [2.75, 3.05) is 19.3 Å². The average molecular weight is 476 g/mol. The number of rotatable bonds is 4. The minimum Gasteiger partial charge on any atom is -0.333 e. The summed E-state index contributed by atoms with van der Waals surface area (Å²) < 4.78 is 28.4. The Morgan fingerprint density at radius 3 is 2.59 bits per heavy atom. The number of carbonyl (C=O) groups is 1. The minimum absolute atomic E-state index is 0.151. The van der Waals surface area contributed by atoms with E-state index < -0.39 is 10.8 Å². The summed E-state index contributed by atoms with van der Waals surface area (Å²) in [5.74, 6) is -0.177. The zero-order valence-electron chi connectivity index (χ0n) is 18.7. The van der Waals surface area contributed by atoms with Gasteiger partial charge in [-0.3, -0.25) is 13.6 Å². The third kappa shape index (κ3) is 3.92. The lowest BCUT2D eigenvalue weighted by Crippen LogP contribution is -2.28. The van der Waals surface area contributed by atoms with Crippen LogP contribution < -0.4 is 0 Å². The Morgan fingerprint density at radius 2 is 1.91 bits per heavy atom. The first-order valence-electron chi connectivity index (χ1n) is 10.7. The fourth-order valence-electron chi connectivity index (χ4n) is 4.18. The number of hydrogen-bond donors (Lipinski definition) is 1. The molecule has 172 valence electrons. The molecule has 9 heteroatoms. The topological polar surface area (TPSA) is 91.9 Å². The lowest BCUT2D eigenvalue weighted by molar-refractivity contribution is 0.0798. The van der Waals surface area contributed by atoms with Crippen LogP contribution in [0.4, 0.5) is 4.39 Å². The number of likely N-dealkylation sites (tertiary alicyclic amines) is 1. The van der Waals surface area contributed by atoms with E-state index in [0.717, 1.165) is 10.9 Å². The molecule has 2 aromatic heterocycles. The maximum Gasteiger partial charge on any atom is 0.254 e. The minimum atomic E-state index is -1.27. The van der Waals surface area contributed by atoms with E-state index in [1.165, 1.54) is 6.07 Å². The number of halogens is 1. The van der Waals surface area contributed by atoms with Crippen LogP contribution in [0.5, 0.6) is 0 Å². The largest absolute Gasteiger partial charge is 0.333 e. The van der Waals surface area contributed by atoms with Crippen molar-refractivity contribution >= 4 is 33.3 Å². The summed E-state index contributed by atoms with van der Waals surface area (Å²) in [7, 11) is -1.27. The number of benzene rings is 2. The molecule has 1 fully saturated rings. The van der Waals surface area contributed by atoms with Crippen molar-refractivity contribution in [3.8, 4) is 17.1 Å². The van der Waals surface area contributed by atoms with Gasteiger partial charge in [0.25, 0.3) is 5.91 Å². The van der Waals surface area contributed by atoms with Crippen molar-refractivity contribution in [1.82, 2.24) is 19.4 Å². The second kappa shape index (κ2) is 8.57. The Morgan fingerprint density at radius 1 is 1.15 bits per heavy atom. The summed E-state index contributed by atoms with van der Waals surface area (Å²) in [6, 6.07) is 10.1. The van der Waals surface area contributed by atoms with Crippen LogP contribution in [0.2, 0.25) is 0 Å². The van der Waals surface area contributed by atoms with E-state index in [9.17, 15) is 13.4 Å². The molecule has 1 aliphatic rings. The van der Waals surface area contributed by atoms with Crippen molar-refractivity contribution in [3.63, 3.8) is 0 Å². The Kier molecular flexibility index (Phi) is 5.57. The van der Waals surface area contributed by atoms with Gasteiger partial charge < -0.3 is 10.3 Å². The molecule has 1 amide bonds. The van der Waals surface area contributed by atoms with Crippen molar-refractivity contribution in [3.05, 3.63) is 71.9 Å². The second-order valence-electron chi connectivity index (χ2n) is 8.38. The zero-order chi connectivity index (χ0) is 24.0. The van der Waals surface area contributed by atoms with Gasteiger partial charge in [0.05, 0.1) is 27.8 Å². The lowest BCUT2D eigenvalue weighted by atomic mass is 10.1. The molecule has 34 heavy (non-hydrogen) atoms. The summed E-state index contributed by atoms with van der Waals surface area (Å²) in [5, 5.41) is 8.54. The van der Waals surface area contributed by atoms with Gasteiger partial charge in [0.15, 0.2) is 0 Å². The molecule has 0 spiro atoms. The number of nitrogens with one attached hydrogen (secondary N) is 1. The molecule has 0 saturated carbocycles. The molecule has 0 radical (unpaired) electrons. The number of carbonyl (C=O) groups excluding carboxylic acids is 1. The van der Waals surface area contributed by atoms with Gasteiger partial charge >= 0.3 is 0 Å². The van der Waals surface area contributed by atoms with Crippen LogP contribution in [-0.4, -0.2) is 54.6 Å². The molecule has 4 aromatic rings. The summed E-state index contributed by atoms with van der Waals surface area (Å²) in [5.41, 5.74) is 3.57. The molecule has 5 rings (SSSR count). The van der Waals surface area contributed by atoms with Crippen LogP contribution in [0, 0.1) is 18.2 Å². The number of aryl methyl sites for hydroxylation is 1. The fourth-order valence-corrected chi connectivity index (χ4v) is 4.92. The Labute approximate surface area is 198 Å². The molecular formula is C25H22FN5O2S. The van der Waals surface area contributed by atoms with E-state index in [2.05, 4.69) is 9.97 Å². The van der Waals surface area contributed by atoms with Gasteiger partial charge in [-0.05, 0) is 31.2 Å². The lowest BCUT2D eigenvalue weighted by Gasteiger charge is -2.15. The monoisotopic (exact) mass is 475 g/mol. The molecule has 3 heterocycles. The Bertz CT molecular complexity index is 1480. The first-order valence-corrected chi connectivity index (χ1v) is 12.3. The SMILES string of the molecule is Cc1ccc(F)c(-c2cnc(-n3cc(S(C)=O)c4ccc(C(=O)N5CCC(=N)C5)cc43)nc2)c1. The predicted molar refractivity (Wildman–Crippen MR) is 130 cm³/mol. The van der Waals surface area contributed by atoms with E-state index in [4.69, 9.17) is 5.41 Å².